The molecule has 0 radical (unpaired) electrons. The molecule has 0 saturated heterocycles. The first kappa shape index (κ1) is 15.5. The quantitative estimate of drug-likeness (QED) is 0.775. The molecule has 18 heavy (non-hydrogen) atoms. The number of aliphatic hydroxyl groups excluding tert-OH is 1. The van der Waals surface area contributed by atoms with E-state index in [9.17, 15) is 5.11 Å². The van der Waals surface area contributed by atoms with Crippen LogP contribution in [-0.2, 0) is 6.54 Å². The number of aliphatic hydroxyl groups is 1. The monoisotopic (exact) mass is 267 g/mol. The number of benzene rings is 1. The second kappa shape index (κ2) is 7.17. The van der Waals surface area contributed by atoms with E-state index in [4.69, 9.17) is 0 Å². The highest BCUT2D eigenvalue weighted by molar-refractivity contribution is 8.00. The lowest BCUT2D eigenvalue weighted by Gasteiger charge is -2.18. The summed E-state index contributed by atoms with van der Waals surface area (Å²) in [4.78, 5) is 1.27. The summed E-state index contributed by atoms with van der Waals surface area (Å²) < 4.78 is 0. The molecule has 0 aliphatic carbocycles. The van der Waals surface area contributed by atoms with Gasteiger partial charge in [-0.3, -0.25) is 0 Å². The summed E-state index contributed by atoms with van der Waals surface area (Å²) in [7, 11) is 0. The van der Waals surface area contributed by atoms with Gasteiger partial charge in [0.1, 0.15) is 0 Å². The average molecular weight is 267 g/mol. The molecule has 3 heteroatoms. The van der Waals surface area contributed by atoms with E-state index in [2.05, 4.69) is 51.2 Å². The molecule has 0 aliphatic rings. The summed E-state index contributed by atoms with van der Waals surface area (Å²) in [6.45, 7) is 11.2. The minimum atomic E-state index is -0.290. The number of rotatable bonds is 6. The Morgan fingerprint density at radius 1 is 1.22 bits per heavy atom. The van der Waals surface area contributed by atoms with E-state index in [0.717, 1.165) is 6.54 Å². The molecule has 1 aromatic carbocycles. The Hall–Kier alpha value is -0.510. The molecule has 0 spiro atoms. The molecule has 0 aromatic heterocycles. The molecule has 1 aromatic rings. The van der Waals surface area contributed by atoms with Crippen molar-refractivity contribution in [1.82, 2.24) is 5.32 Å². The van der Waals surface area contributed by atoms with Crippen LogP contribution in [0.5, 0.6) is 0 Å². The predicted molar refractivity (Wildman–Crippen MR) is 80.2 cm³/mol. The molecule has 102 valence electrons. The van der Waals surface area contributed by atoms with Crippen molar-refractivity contribution in [2.75, 3.05) is 0 Å². The molecule has 2 unspecified atom stereocenters. The number of nitrogens with one attached hydrogen (secondary N) is 1. The van der Waals surface area contributed by atoms with Crippen LogP contribution in [0, 0.1) is 6.92 Å². The van der Waals surface area contributed by atoms with Gasteiger partial charge in [-0.25, -0.2) is 0 Å². The summed E-state index contributed by atoms with van der Waals surface area (Å²) in [5.74, 6) is 0. The van der Waals surface area contributed by atoms with E-state index in [0.29, 0.717) is 6.04 Å². The molecule has 0 heterocycles. The van der Waals surface area contributed by atoms with Gasteiger partial charge in [-0.1, -0.05) is 38.5 Å². The van der Waals surface area contributed by atoms with Crippen molar-refractivity contribution in [2.24, 2.45) is 0 Å². The average Bonchev–Trinajstić information content (AvgIpc) is 2.29. The van der Waals surface area contributed by atoms with Gasteiger partial charge in [0.2, 0.25) is 0 Å². The van der Waals surface area contributed by atoms with Crippen molar-refractivity contribution >= 4 is 11.8 Å². The maximum Gasteiger partial charge on any atom is 0.0631 e. The SMILES string of the molecule is Cc1ccc(SC(C)C(C)O)c(CNC(C)C)c1. The van der Waals surface area contributed by atoms with Gasteiger partial charge in [0, 0.05) is 22.7 Å². The summed E-state index contributed by atoms with van der Waals surface area (Å²) in [6, 6.07) is 7.01. The van der Waals surface area contributed by atoms with Gasteiger partial charge < -0.3 is 10.4 Å². The molecule has 0 aliphatic heterocycles. The minimum Gasteiger partial charge on any atom is -0.392 e. The van der Waals surface area contributed by atoms with E-state index >= 15 is 0 Å². The van der Waals surface area contributed by atoms with E-state index in [1.54, 1.807) is 11.8 Å². The van der Waals surface area contributed by atoms with Crippen LogP contribution in [0.25, 0.3) is 0 Å². The molecular formula is C15H25NOS. The molecule has 0 bridgehead atoms. The van der Waals surface area contributed by atoms with Gasteiger partial charge in [0.25, 0.3) is 0 Å². The van der Waals surface area contributed by atoms with Crippen molar-refractivity contribution in [1.29, 1.82) is 0 Å². The van der Waals surface area contributed by atoms with Gasteiger partial charge in [-0.05, 0) is 25.5 Å². The lowest BCUT2D eigenvalue weighted by molar-refractivity contribution is 0.196. The van der Waals surface area contributed by atoms with E-state index in [1.165, 1.54) is 16.0 Å². The topological polar surface area (TPSA) is 32.3 Å². The first-order chi connectivity index (χ1) is 8.40. The second-order valence-corrected chi connectivity index (χ2v) is 6.63. The zero-order chi connectivity index (χ0) is 13.7. The first-order valence-electron chi connectivity index (χ1n) is 6.57. The van der Waals surface area contributed by atoms with Crippen LogP contribution in [0.2, 0.25) is 0 Å². The molecule has 0 saturated carbocycles. The van der Waals surface area contributed by atoms with Crippen molar-refractivity contribution in [3.63, 3.8) is 0 Å². The fraction of sp³-hybridized carbons (Fsp3) is 0.600. The van der Waals surface area contributed by atoms with Crippen molar-refractivity contribution < 1.29 is 5.11 Å². The maximum absolute atomic E-state index is 9.61. The van der Waals surface area contributed by atoms with Gasteiger partial charge in [-0.2, -0.15) is 0 Å². The van der Waals surface area contributed by atoms with Gasteiger partial charge >= 0.3 is 0 Å². The molecule has 2 nitrogen and oxygen atoms in total. The number of aryl methyl sites for hydroxylation is 1. The zero-order valence-electron chi connectivity index (χ0n) is 12.0. The van der Waals surface area contributed by atoms with Crippen LogP contribution >= 0.6 is 11.8 Å². The van der Waals surface area contributed by atoms with Gasteiger partial charge in [-0.15, -0.1) is 11.8 Å². The number of hydrogen-bond acceptors (Lipinski definition) is 3. The third kappa shape index (κ3) is 5.01. The smallest absolute Gasteiger partial charge is 0.0631 e. The molecule has 2 N–H and O–H groups in total. The lowest BCUT2D eigenvalue weighted by atomic mass is 10.1. The predicted octanol–water partition coefficient (Wildman–Crippen LogP) is 3.35. The fourth-order valence-corrected chi connectivity index (χ4v) is 2.60. The summed E-state index contributed by atoms with van der Waals surface area (Å²) in [5.41, 5.74) is 2.60. The Labute approximate surface area is 115 Å². The van der Waals surface area contributed by atoms with Crippen LogP contribution in [0.1, 0.15) is 38.8 Å². The van der Waals surface area contributed by atoms with Crippen LogP contribution < -0.4 is 5.32 Å². The van der Waals surface area contributed by atoms with Crippen LogP contribution in [-0.4, -0.2) is 22.5 Å². The van der Waals surface area contributed by atoms with Crippen molar-refractivity contribution in [3.8, 4) is 0 Å². The third-order valence-electron chi connectivity index (χ3n) is 2.91. The molecule has 1 rings (SSSR count). The summed E-state index contributed by atoms with van der Waals surface area (Å²) >= 11 is 1.75. The first-order valence-corrected chi connectivity index (χ1v) is 7.45. The Balaban J connectivity index is 2.82. The van der Waals surface area contributed by atoms with Crippen LogP contribution in [0.3, 0.4) is 0 Å². The van der Waals surface area contributed by atoms with Gasteiger partial charge in [0.05, 0.1) is 6.10 Å². The Morgan fingerprint density at radius 3 is 2.44 bits per heavy atom. The maximum atomic E-state index is 9.61. The highest BCUT2D eigenvalue weighted by atomic mass is 32.2. The third-order valence-corrected chi connectivity index (χ3v) is 4.33. The molecule has 0 amide bonds. The Morgan fingerprint density at radius 2 is 1.89 bits per heavy atom. The second-order valence-electron chi connectivity index (χ2n) is 5.21. The largest absolute Gasteiger partial charge is 0.392 e. The zero-order valence-corrected chi connectivity index (χ0v) is 12.8. The minimum absolute atomic E-state index is 0.213. The highest BCUT2D eigenvalue weighted by Crippen LogP contribution is 2.29. The molecular weight excluding hydrogens is 242 g/mol. The highest BCUT2D eigenvalue weighted by Gasteiger charge is 2.13. The van der Waals surface area contributed by atoms with E-state index in [-0.39, 0.29) is 11.4 Å². The fourth-order valence-electron chi connectivity index (χ4n) is 1.57. The van der Waals surface area contributed by atoms with E-state index in [1.807, 2.05) is 6.92 Å². The van der Waals surface area contributed by atoms with Crippen molar-refractivity contribution in [3.05, 3.63) is 29.3 Å². The Bertz CT molecular complexity index is 377. The molecule has 2 atom stereocenters. The van der Waals surface area contributed by atoms with E-state index < -0.39 is 0 Å². The summed E-state index contributed by atoms with van der Waals surface area (Å²) in [6.07, 6.45) is -0.290. The van der Waals surface area contributed by atoms with Gasteiger partial charge in [0.15, 0.2) is 0 Å². The van der Waals surface area contributed by atoms with Crippen molar-refractivity contribution in [2.45, 2.75) is 63.5 Å². The molecule has 0 fully saturated rings. The van der Waals surface area contributed by atoms with Crippen LogP contribution in [0.15, 0.2) is 23.1 Å². The van der Waals surface area contributed by atoms with Crippen LogP contribution in [0.4, 0.5) is 0 Å². The normalized spacial score (nSPS) is 14.8. The Kier molecular flexibility index (Phi) is 6.19. The lowest BCUT2D eigenvalue weighted by Crippen LogP contribution is -2.22. The standard InChI is InChI=1S/C15H25NOS/c1-10(2)16-9-14-8-11(3)6-7-15(14)18-13(5)12(4)17/h6-8,10,12-13,16-17H,9H2,1-5H3. The summed E-state index contributed by atoms with van der Waals surface area (Å²) in [5, 5.41) is 13.3. The number of hydrogen-bond donors (Lipinski definition) is 2. The number of thioether (sulfide) groups is 1.